The number of ether oxygens (including phenoxy) is 5. The molecule has 21 heavy (non-hydrogen) atoms. The Balaban J connectivity index is 2.15. The van der Waals surface area contributed by atoms with E-state index >= 15 is 0 Å². The fourth-order valence-electron chi connectivity index (χ4n) is 1.89. The van der Waals surface area contributed by atoms with Crippen molar-refractivity contribution in [1.29, 1.82) is 0 Å². The van der Waals surface area contributed by atoms with Crippen LogP contribution in [0.15, 0.2) is 25.3 Å². The molecule has 2 aliphatic rings. The average Bonchev–Trinajstić information content (AvgIpc) is 3.30. The van der Waals surface area contributed by atoms with Crippen LogP contribution in [-0.4, -0.2) is 48.9 Å². The van der Waals surface area contributed by atoms with Crippen molar-refractivity contribution in [2.45, 2.75) is 37.6 Å². The van der Waals surface area contributed by atoms with Crippen molar-refractivity contribution >= 4 is 11.9 Å². The molecule has 2 aliphatic heterocycles. The van der Waals surface area contributed by atoms with Crippen molar-refractivity contribution in [1.82, 2.24) is 0 Å². The summed E-state index contributed by atoms with van der Waals surface area (Å²) >= 11 is 0. The quantitative estimate of drug-likeness (QED) is 0.282. The van der Waals surface area contributed by atoms with E-state index in [0.29, 0.717) is 13.2 Å². The lowest BCUT2D eigenvalue weighted by Gasteiger charge is -2.37. The van der Waals surface area contributed by atoms with Gasteiger partial charge in [-0.25, -0.2) is 9.59 Å². The molecule has 4 atom stereocenters. The first-order valence-electron chi connectivity index (χ1n) is 6.47. The molecule has 0 spiro atoms. The minimum atomic E-state index is -1.41. The van der Waals surface area contributed by atoms with Gasteiger partial charge in [-0.1, -0.05) is 13.2 Å². The van der Waals surface area contributed by atoms with E-state index < -0.39 is 35.7 Å². The second kappa shape index (κ2) is 5.59. The van der Waals surface area contributed by atoms with Gasteiger partial charge in [-0.05, 0) is 0 Å². The summed E-state index contributed by atoms with van der Waals surface area (Å²) in [6.07, 6.45) is 1.15. The van der Waals surface area contributed by atoms with Crippen LogP contribution in [0, 0.1) is 0 Å². The summed E-state index contributed by atoms with van der Waals surface area (Å²) in [6, 6.07) is 0. The Morgan fingerprint density at radius 1 is 1.00 bits per heavy atom. The van der Waals surface area contributed by atoms with Gasteiger partial charge in [0.15, 0.2) is 0 Å². The number of rotatable bonds is 8. The molecule has 116 valence electrons. The Kier molecular flexibility index (Phi) is 4.18. The van der Waals surface area contributed by atoms with E-state index in [9.17, 15) is 9.59 Å². The molecule has 2 heterocycles. The molecule has 0 bridgehead atoms. The first kappa shape index (κ1) is 15.7. The molecule has 2 fully saturated rings. The van der Waals surface area contributed by atoms with Gasteiger partial charge in [-0.3, -0.25) is 4.74 Å². The van der Waals surface area contributed by atoms with Crippen molar-refractivity contribution in [3.05, 3.63) is 25.3 Å². The maximum Gasteiger partial charge on any atom is 0.332 e. The minimum Gasteiger partial charge on any atom is -0.427 e. The van der Waals surface area contributed by atoms with E-state index in [1.165, 1.54) is 13.8 Å². The van der Waals surface area contributed by atoms with E-state index in [1.807, 2.05) is 0 Å². The van der Waals surface area contributed by atoms with Gasteiger partial charge in [-0.2, -0.15) is 0 Å². The molecule has 2 saturated heterocycles. The van der Waals surface area contributed by atoms with Crippen LogP contribution in [-0.2, 0) is 33.3 Å². The molecule has 2 rings (SSSR count). The van der Waals surface area contributed by atoms with E-state index in [1.54, 1.807) is 0 Å². The first-order chi connectivity index (χ1) is 9.83. The molecule has 0 amide bonds. The highest BCUT2D eigenvalue weighted by atomic mass is 16.8. The summed E-state index contributed by atoms with van der Waals surface area (Å²) < 4.78 is 26.5. The summed E-state index contributed by atoms with van der Waals surface area (Å²) in [5.74, 6) is -4.15. The van der Waals surface area contributed by atoms with Gasteiger partial charge < -0.3 is 18.9 Å². The first-order valence-corrected chi connectivity index (χ1v) is 6.47. The van der Waals surface area contributed by atoms with Gasteiger partial charge in [0.05, 0.1) is 13.2 Å². The third-order valence-corrected chi connectivity index (χ3v) is 3.18. The van der Waals surface area contributed by atoms with Crippen molar-refractivity contribution < 1.29 is 33.3 Å². The topological polar surface area (TPSA) is 86.9 Å². The Labute approximate surface area is 122 Å². The van der Waals surface area contributed by atoms with Gasteiger partial charge in [0.1, 0.15) is 12.2 Å². The lowest BCUT2D eigenvalue weighted by atomic mass is 10.2. The summed E-state index contributed by atoms with van der Waals surface area (Å²) in [4.78, 5) is 23.0. The number of hydrogen-bond donors (Lipinski definition) is 0. The normalized spacial score (nSPS) is 28.5. The van der Waals surface area contributed by atoms with Crippen LogP contribution in [0.25, 0.3) is 0 Å². The molecule has 0 aliphatic carbocycles. The lowest BCUT2D eigenvalue weighted by Crippen LogP contribution is -2.52. The third kappa shape index (κ3) is 3.69. The van der Waals surface area contributed by atoms with Crippen molar-refractivity contribution in [3.63, 3.8) is 0 Å². The molecule has 0 aromatic carbocycles. The summed E-state index contributed by atoms with van der Waals surface area (Å²) in [6.45, 7) is 10.5. The van der Waals surface area contributed by atoms with E-state index in [4.69, 9.17) is 23.7 Å². The number of hydrogen-bond acceptors (Lipinski definition) is 7. The molecule has 7 nitrogen and oxygen atoms in total. The monoisotopic (exact) mass is 298 g/mol. The predicted octanol–water partition coefficient (Wildman–Crippen LogP) is 0.691. The SMILES string of the molecule is C=CC(=O)OC(C)(OC(C)(OC(=O)C=C)C1CO1)C1CO1. The van der Waals surface area contributed by atoms with Crippen LogP contribution < -0.4 is 0 Å². The van der Waals surface area contributed by atoms with E-state index in [-0.39, 0.29) is 0 Å². The molecular formula is C14H18O7. The van der Waals surface area contributed by atoms with Crippen LogP contribution in [0.2, 0.25) is 0 Å². The zero-order valence-electron chi connectivity index (χ0n) is 12.0. The second-order valence-corrected chi connectivity index (χ2v) is 5.03. The van der Waals surface area contributed by atoms with Gasteiger partial charge in [-0.15, -0.1) is 0 Å². The minimum absolute atomic E-state index is 0.373. The second-order valence-electron chi connectivity index (χ2n) is 5.03. The van der Waals surface area contributed by atoms with Crippen LogP contribution >= 0.6 is 0 Å². The van der Waals surface area contributed by atoms with Gasteiger partial charge in [0.2, 0.25) is 11.6 Å². The lowest BCUT2D eigenvalue weighted by molar-refractivity contribution is -0.333. The molecule has 0 aromatic heterocycles. The molecule has 4 unspecified atom stereocenters. The molecular weight excluding hydrogens is 280 g/mol. The van der Waals surface area contributed by atoms with Gasteiger partial charge in [0, 0.05) is 26.0 Å². The highest BCUT2D eigenvalue weighted by molar-refractivity contribution is 5.82. The Morgan fingerprint density at radius 2 is 1.33 bits per heavy atom. The Hall–Kier alpha value is -1.70. The molecule has 7 heteroatoms. The largest absolute Gasteiger partial charge is 0.427 e. The zero-order chi connectivity index (χ0) is 15.7. The van der Waals surface area contributed by atoms with Crippen LogP contribution in [0.1, 0.15) is 13.8 Å². The molecule has 0 N–H and O–H groups in total. The van der Waals surface area contributed by atoms with Crippen molar-refractivity contribution in [2.75, 3.05) is 13.2 Å². The average molecular weight is 298 g/mol. The third-order valence-electron chi connectivity index (χ3n) is 3.18. The number of esters is 2. The standard InChI is InChI=1S/C14H18O7/c1-5-11(15)19-13(3,9-7-17-9)21-14(4,10-8-18-10)20-12(16)6-2/h5-6,9-10H,1-2,7-8H2,3-4H3. The Morgan fingerprint density at radius 3 is 1.57 bits per heavy atom. The molecule has 0 saturated carbocycles. The fourth-order valence-corrected chi connectivity index (χ4v) is 1.89. The predicted molar refractivity (Wildman–Crippen MR) is 70.0 cm³/mol. The van der Waals surface area contributed by atoms with Crippen molar-refractivity contribution in [2.24, 2.45) is 0 Å². The number of carbonyl (C=O) groups is 2. The summed E-state index contributed by atoms with van der Waals surface area (Å²) in [5.41, 5.74) is 0. The summed E-state index contributed by atoms with van der Waals surface area (Å²) in [7, 11) is 0. The zero-order valence-corrected chi connectivity index (χ0v) is 12.0. The maximum absolute atomic E-state index is 11.5. The highest BCUT2D eigenvalue weighted by Gasteiger charge is 2.57. The summed E-state index contributed by atoms with van der Waals surface area (Å²) in [5, 5.41) is 0. The Bertz CT molecular complexity index is 424. The fraction of sp³-hybridized carbons (Fsp3) is 0.571. The van der Waals surface area contributed by atoms with Crippen LogP contribution in [0.4, 0.5) is 0 Å². The van der Waals surface area contributed by atoms with Crippen LogP contribution in [0.5, 0.6) is 0 Å². The molecule has 0 aromatic rings. The van der Waals surface area contributed by atoms with E-state index in [0.717, 1.165) is 12.2 Å². The van der Waals surface area contributed by atoms with Crippen LogP contribution in [0.3, 0.4) is 0 Å². The molecule has 0 radical (unpaired) electrons. The smallest absolute Gasteiger partial charge is 0.332 e. The number of carbonyl (C=O) groups excluding carboxylic acids is 2. The van der Waals surface area contributed by atoms with Crippen molar-refractivity contribution in [3.8, 4) is 0 Å². The maximum atomic E-state index is 11.5. The van der Waals surface area contributed by atoms with E-state index in [2.05, 4.69) is 13.2 Å². The van der Waals surface area contributed by atoms with Gasteiger partial charge >= 0.3 is 11.9 Å². The number of epoxide rings is 2. The highest BCUT2D eigenvalue weighted by Crippen LogP contribution is 2.39. The van der Waals surface area contributed by atoms with Gasteiger partial charge in [0.25, 0.3) is 0 Å².